The van der Waals surface area contributed by atoms with Gasteiger partial charge in [-0.3, -0.25) is 0 Å². The van der Waals surface area contributed by atoms with Crippen molar-refractivity contribution >= 4 is 11.6 Å². The molecule has 0 spiro atoms. The van der Waals surface area contributed by atoms with Gasteiger partial charge in [-0.05, 0) is 18.1 Å². The molecule has 0 atom stereocenters. The van der Waals surface area contributed by atoms with Crippen LogP contribution in [0.4, 0.5) is 0 Å². The molecule has 1 rings (SSSR count). The molecule has 1 aromatic rings. The van der Waals surface area contributed by atoms with E-state index in [1.165, 1.54) is 0 Å². The number of hydrogen-bond acceptors (Lipinski definition) is 4. The van der Waals surface area contributed by atoms with Gasteiger partial charge in [0.15, 0.2) is 0 Å². The summed E-state index contributed by atoms with van der Waals surface area (Å²) in [6.45, 7) is 4.17. The maximum absolute atomic E-state index is 6.04. The van der Waals surface area contributed by atoms with Gasteiger partial charge in [-0.25, -0.2) is 4.98 Å². The molecule has 0 aliphatic carbocycles. The second-order valence-corrected chi connectivity index (χ2v) is 3.63. The van der Waals surface area contributed by atoms with Crippen molar-refractivity contribution in [3.63, 3.8) is 0 Å². The zero-order valence-corrected chi connectivity index (χ0v) is 10.2. The Morgan fingerprint density at radius 3 is 2.88 bits per heavy atom. The lowest BCUT2D eigenvalue weighted by atomic mass is 10.3. The van der Waals surface area contributed by atoms with Crippen LogP contribution in [0.25, 0.3) is 0 Å². The molecule has 1 aromatic heterocycles. The number of halogens is 1. The highest BCUT2D eigenvalue weighted by Gasteiger charge is 2.07. The monoisotopic (exact) mass is 244 g/mol. The molecule has 0 saturated heterocycles. The van der Waals surface area contributed by atoms with Crippen LogP contribution in [0.3, 0.4) is 0 Å². The second kappa shape index (κ2) is 7.44. The van der Waals surface area contributed by atoms with Crippen LogP contribution in [0.5, 0.6) is 5.88 Å². The van der Waals surface area contributed by atoms with Crippen molar-refractivity contribution in [3.05, 3.63) is 22.8 Å². The van der Waals surface area contributed by atoms with Crippen LogP contribution in [0, 0.1) is 0 Å². The fourth-order valence-corrected chi connectivity index (χ4v) is 1.41. The maximum atomic E-state index is 6.04. The fourth-order valence-electron chi connectivity index (χ4n) is 1.16. The quantitative estimate of drug-likeness (QED) is 0.746. The van der Waals surface area contributed by atoms with Crippen molar-refractivity contribution in [1.82, 2.24) is 4.98 Å². The van der Waals surface area contributed by atoms with Crippen LogP contribution < -0.4 is 10.5 Å². The molecule has 1 heterocycles. The van der Waals surface area contributed by atoms with E-state index in [1.807, 2.05) is 0 Å². The number of ether oxygens (including phenoxy) is 2. The van der Waals surface area contributed by atoms with E-state index in [0.717, 1.165) is 18.6 Å². The number of nitrogens with zero attached hydrogens (tertiary/aromatic N) is 1. The molecule has 0 aliphatic heterocycles. The number of hydrogen-bond donors (Lipinski definition) is 1. The molecule has 4 nitrogen and oxygen atoms in total. The summed E-state index contributed by atoms with van der Waals surface area (Å²) < 4.78 is 10.7. The molecule has 0 amide bonds. The van der Waals surface area contributed by atoms with Gasteiger partial charge in [0.2, 0.25) is 5.88 Å². The topological polar surface area (TPSA) is 57.4 Å². The Hall–Kier alpha value is -0.840. The van der Waals surface area contributed by atoms with Gasteiger partial charge in [0.05, 0.1) is 6.61 Å². The average molecular weight is 245 g/mol. The Balaban J connectivity index is 2.41. The van der Waals surface area contributed by atoms with Crippen molar-refractivity contribution in [3.8, 4) is 5.88 Å². The van der Waals surface area contributed by atoms with Crippen LogP contribution in [0.2, 0.25) is 5.02 Å². The Morgan fingerprint density at radius 2 is 2.19 bits per heavy atom. The molecule has 0 aromatic carbocycles. The van der Waals surface area contributed by atoms with Crippen molar-refractivity contribution in [2.45, 2.75) is 19.9 Å². The number of rotatable bonds is 7. The van der Waals surface area contributed by atoms with Crippen LogP contribution in [0.1, 0.15) is 18.9 Å². The normalized spacial score (nSPS) is 10.4. The minimum Gasteiger partial charge on any atom is -0.474 e. The van der Waals surface area contributed by atoms with Crippen molar-refractivity contribution in [1.29, 1.82) is 0 Å². The molecule has 2 N–H and O–H groups in total. The Morgan fingerprint density at radius 1 is 1.38 bits per heavy atom. The summed E-state index contributed by atoms with van der Waals surface area (Å²) in [5, 5.41) is 0.487. The Bertz CT molecular complexity index is 321. The summed E-state index contributed by atoms with van der Waals surface area (Å²) in [5.41, 5.74) is 6.36. The zero-order chi connectivity index (χ0) is 11.8. The van der Waals surface area contributed by atoms with Gasteiger partial charge < -0.3 is 15.2 Å². The molecular weight excluding hydrogens is 228 g/mol. The van der Waals surface area contributed by atoms with Gasteiger partial charge in [-0.2, -0.15) is 0 Å². The molecule has 0 bridgehead atoms. The zero-order valence-electron chi connectivity index (χ0n) is 9.41. The van der Waals surface area contributed by atoms with Crippen molar-refractivity contribution in [2.24, 2.45) is 5.73 Å². The Labute approximate surface area is 101 Å². The SMILES string of the molecule is CCCOCCOc1nccc(CN)c1Cl. The lowest BCUT2D eigenvalue weighted by Gasteiger charge is -2.09. The first-order valence-corrected chi connectivity index (χ1v) is 5.71. The standard InChI is InChI=1S/C11H17ClN2O2/c1-2-5-15-6-7-16-11-10(12)9(8-13)3-4-14-11/h3-4H,2,5-8,13H2,1H3. The maximum Gasteiger partial charge on any atom is 0.232 e. The smallest absolute Gasteiger partial charge is 0.232 e. The lowest BCUT2D eigenvalue weighted by Crippen LogP contribution is -2.09. The minimum absolute atomic E-state index is 0.379. The van der Waals surface area contributed by atoms with E-state index in [1.54, 1.807) is 12.3 Å². The van der Waals surface area contributed by atoms with E-state index in [9.17, 15) is 0 Å². The van der Waals surface area contributed by atoms with Gasteiger partial charge in [0.1, 0.15) is 11.6 Å². The van der Waals surface area contributed by atoms with Gasteiger partial charge >= 0.3 is 0 Å². The van der Waals surface area contributed by atoms with Gasteiger partial charge in [0.25, 0.3) is 0 Å². The van der Waals surface area contributed by atoms with Gasteiger partial charge in [0, 0.05) is 19.3 Å². The highest BCUT2D eigenvalue weighted by Crippen LogP contribution is 2.24. The third-order valence-corrected chi connectivity index (χ3v) is 2.38. The molecule has 90 valence electrons. The molecule has 0 radical (unpaired) electrons. The van der Waals surface area contributed by atoms with E-state index >= 15 is 0 Å². The van der Waals surface area contributed by atoms with Crippen molar-refractivity contribution in [2.75, 3.05) is 19.8 Å². The predicted octanol–water partition coefficient (Wildman–Crippen LogP) is 2.00. The summed E-state index contributed by atoms with van der Waals surface area (Å²) >= 11 is 6.04. The van der Waals surface area contributed by atoms with E-state index in [0.29, 0.717) is 30.7 Å². The highest BCUT2D eigenvalue weighted by atomic mass is 35.5. The fraction of sp³-hybridized carbons (Fsp3) is 0.545. The van der Waals surface area contributed by atoms with E-state index in [4.69, 9.17) is 26.8 Å². The first-order chi connectivity index (χ1) is 7.79. The second-order valence-electron chi connectivity index (χ2n) is 3.25. The molecular formula is C11H17ClN2O2. The molecule has 0 unspecified atom stereocenters. The molecule has 16 heavy (non-hydrogen) atoms. The number of nitrogens with two attached hydrogens (primary N) is 1. The summed E-state index contributed by atoms with van der Waals surface area (Å²) in [4.78, 5) is 4.04. The van der Waals surface area contributed by atoms with Crippen LogP contribution in [0.15, 0.2) is 12.3 Å². The third kappa shape index (κ3) is 3.96. The first-order valence-electron chi connectivity index (χ1n) is 5.33. The minimum atomic E-state index is 0.379. The highest BCUT2D eigenvalue weighted by molar-refractivity contribution is 6.32. The number of aromatic nitrogens is 1. The van der Waals surface area contributed by atoms with E-state index in [-0.39, 0.29) is 0 Å². The van der Waals surface area contributed by atoms with Gasteiger partial charge in [-0.1, -0.05) is 18.5 Å². The molecule has 0 saturated carbocycles. The summed E-state index contributed by atoms with van der Waals surface area (Å²) in [7, 11) is 0. The molecule has 5 heteroatoms. The first kappa shape index (κ1) is 13.2. The molecule has 0 fully saturated rings. The molecule has 0 aliphatic rings. The van der Waals surface area contributed by atoms with Crippen LogP contribution in [-0.2, 0) is 11.3 Å². The van der Waals surface area contributed by atoms with E-state index < -0.39 is 0 Å². The Kier molecular flexibility index (Phi) is 6.15. The lowest BCUT2D eigenvalue weighted by molar-refractivity contribution is 0.0990. The van der Waals surface area contributed by atoms with E-state index in [2.05, 4.69) is 11.9 Å². The third-order valence-electron chi connectivity index (χ3n) is 1.97. The number of pyridine rings is 1. The van der Waals surface area contributed by atoms with Crippen LogP contribution in [-0.4, -0.2) is 24.8 Å². The summed E-state index contributed by atoms with van der Waals surface area (Å²) in [6.07, 6.45) is 2.64. The van der Waals surface area contributed by atoms with Crippen molar-refractivity contribution < 1.29 is 9.47 Å². The summed E-state index contributed by atoms with van der Waals surface area (Å²) in [6, 6.07) is 1.78. The largest absolute Gasteiger partial charge is 0.474 e. The van der Waals surface area contributed by atoms with Gasteiger partial charge in [-0.15, -0.1) is 0 Å². The average Bonchev–Trinajstić information content (AvgIpc) is 2.31. The summed E-state index contributed by atoms with van der Waals surface area (Å²) in [5.74, 6) is 0.421. The van der Waals surface area contributed by atoms with Crippen LogP contribution >= 0.6 is 11.6 Å². The predicted molar refractivity (Wildman–Crippen MR) is 63.7 cm³/mol.